The average Bonchev–Trinajstić information content (AvgIpc) is 3.11. The maximum absolute atomic E-state index is 12.0. The SMILES string of the molecule is COc1ccc(-c2nc(CNC(=O)Cn3cnc(C)cc3=O)cs2)cc1. The number of nitrogens with zero attached hydrogens (tertiary/aromatic N) is 3. The molecule has 0 radical (unpaired) electrons. The molecular weight excluding hydrogens is 352 g/mol. The fraction of sp³-hybridized carbons (Fsp3) is 0.222. The summed E-state index contributed by atoms with van der Waals surface area (Å²) in [5.74, 6) is 0.524. The third kappa shape index (κ3) is 4.34. The predicted octanol–water partition coefficient (Wildman–Crippen LogP) is 2.00. The molecule has 0 atom stereocenters. The first-order chi connectivity index (χ1) is 12.5. The van der Waals surface area contributed by atoms with Crippen molar-refractivity contribution in [3.05, 3.63) is 63.8 Å². The quantitative estimate of drug-likeness (QED) is 0.717. The van der Waals surface area contributed by atoms with Gasteiger partial charge in [-0.25, -0.2) is 9.97 Å². The molecule has 0 unspecified atom stereocenters. The Hall–Kier alpha value is -3.00. The van der Waals surface area contributed by atoms with Gasteiger partial charge in [-0.1, -0.05) is 0 Å². The molecule has 1 aromatic carbocycles. The van der Waals surface area contributed by atoms with Crippen molar-refractivity contribution in [2.24, 2.45) is 0 Å². The molecule has 2 aromatic heterocycles. The summed E-state index contributed by atoms with van der Waals surface area (Å²) in [5, 5.41) is 5.54. The van der Waals surface area contributed by atoms with Crippen molar-refractivity contribution in [1.82, 2.24) is 19.9 Å². The summed E-state index contributed by atoms with van der Waals surface area (Å²) in [6.45, 7) is 1.97. The Bertz CT molecular complexity index is 963. The van der Waals surface area contributed by atoms with E-state index in [1.54, 1.807) is 14.0 Å². The molecule has 8 heteroatoms. The maximum atomic E-state index is 12.0. The zero-order chi connectivity index (χ0) is 18.5. The second-order valence-electron chi connectivity index (χ2n) is 5.65. The van der Waals surface area contributed by atoms with Crippen molar-refractivity contribution in [3.63, 3.8) is 0 Å². The molecule has 0 saturated heterocycles. The number of amides is 1. The number of ether oxygens (including phenoxy) is 1. The van der Waals surface area contributed by atoms with Gasteiger partial charge in [0.1, 0.15) is 17.3 Å². The molecule has 0 aliphatic rings. The van der Waals surface area contributed by atoms with Crippen LogP contribution in [0.4, 0.5) is 0 Å². The van der Waals surface area contributed by atoms with E-state index in [-0.39, 0.29) is 18.0 Å². The minimum atomic E-state index is -0.267. The van der Waals surface area contributed by atoms with Gasteiger partial charge in [-0.05, 0) is 31.2 Å². The van der Waals surface area contributed by atoms with E-state index in [1.807, 2.05) is 29.6 Å². The molecule has 3 aromatic rings. The molecule has 2 heterocycles. The first kappa shape index (κ1) is 17.8. The van der Waals surface area contributed by atoms with E-state index in [0.717, 1.165) is 22.0 Å². The van der Waals surface area contributed by atoms with E-state index in [1.165, 1.54) is 28.3 Å². The molecule has 0 spiro atoms. The summed E-state index contributed by atoms with van der Waals surface area (Å²) in [7, 11) is 1.62. The number of carbonyl (C=O) groups excluding carboxylic acids is 1. The lowest BCUT2D eigenvalue weighted by Crippen LogP contribution is -2.32. The number of rotatable bonds is 6. The van der Waals surface area contributed by atoms with E-state index in [4.69, 9.17) is 4.74 Å². The van der Waals surface area contributed by atoms with E-state index < -0.39 is 0 Å². The third-order valence-electron chi connectivity index (χ3n) is 3.69. The van der Waals surface area contributed by atoms with Crippen LogP contribution in [0.25, 0.3) is 10.6 Å². The molecule has 0 bridgehead atoms. The molecule has 0 aliphatic heterocycles. The molecule has 7 nitrogen and oxygen atoms in total. The second-order valence-corrected chi connectivity index (χ2v) is 6.50. The highest BCUT2D eigenvalue weighted by atomic mass is 32.1. The van der Waals surface area contributed by atoms with Crippen molar-refractivity contribution in [3.8, 4) is 16.3 Å². The number of aromatic nitrogens is 3. The number of nitrogens with one attached hydrogen (secondary N) is 1. The van der Waals surface area contributed by atoms with Crippen LogP contribution in [-0.2, 0) is 17.9 Å². The molecule has 0 aliphatic carbocycles. The Morgan fingerprint density at radius 1 is 1.31 bits per heavy atom. The van der Waals surface area contributed by atoms with Gasteiger partial charge in [0.15, 0.2) is 0 Å². The molecular formula is C18H18N4O3S. The van der Waals surface area contributed by atoms with Crippen LogP contribution in [0.1, 0.15) is 11.4 Å². The van der Waals surface area contributed by atoms with E-state index in [9.17, 15) is 9.59 Å². The Morgan fingerprint density at radius 2 is 2.08 bits per heavy atom. The lowest BCUT2D eigenvalue weighted by molar-refractivity contribution is -0.121. The normalized spacial score (nSPS) is 10.5. The third-order valence-corrected chi connectivity index (χ3v) is 4.63. The summed E-state index contributed by atoms with van der Waals surface area (Å²) in [6, 6.07) is 9.04. The van der Waals surface area contributed by atoms with Crippen molar-refractivity contribution in [1.29, 1.82) is 0 Å². The molecule has 0 saturated carbocycles. The van der Waals surface area contributed by atoms with Gasteiger partial charge in [0, 0.05) is 22.7 Å². The molecule has 26 heavy (non-hydrogen) atoms. The second kappa shape index (κ2) is 7.92. The number of hydrogen-bond acceptors (Lipinski definition) is 6. The number of carbonyl (C=O) groups is 1. The lowest BCUT2D eigenvalue weighted by Gasteiger charge is -2.06. The summed E-state index contributed by atoms with van der Waals surface area (Å²) in [5.41, 5.74) is 2.14. The Labute approximate surface area is 154 Å². The van der Waals surface area contributed by atoms with Crippen molar-refractivity contribution in [2.45, 2.75) is 20.0 Å². The number of methoxy groups -OCH3 is 1. The summed E-state index contributed by atoms with van der Waals surface area (Å²) >= 11 is 1.51. The minimum Gasteiger partial charge on any atom is -0.497 e. The number of thiazole rings is 1. The van der Waals surface area contributed by atoms with Crippen LogP contribution in [0.5, 0.6) is 5.75 Å². The van der Waals surface area contributed by atoms with Crippen LogP contribution >= 0.6 is 11.3 Å². The van der Waals surface area contributed by atoms with Crippen LogP contribution in [0.15, 0.2) is 46.8 Å². The van der Waals surface area contributed by atoms with Crippen molar-refractivity contribution < 1.29 is 9.53 Å². The zero-order valence-corrected chi connectivity index (χ0v) is 15.2. The van der Waals surface area contributed by atoms with Crippen LogP contribution in [-0.4, -0.2) is 27.6 Å². The van der Waals surface area contributed by atoms with Crippen LogP contribution < -0.4 is 15.6 Å². The lowest BCUT2D eigenvalue weighted by atomic mass is 10.2. The summed E-state index contributed by atoms with van der Waals surface area (Å²) in [6.07, 6.45) is 1.38. The van der Waals surface area contributed by atoms with Crippen LogP contribution in [0.3, 0.4) is 0 Å². The molecule has 134 valence electrons. The largest absolute Gasteiger partial charge is 0.497 e. The topological polar surface area (TPSA) is 86.1 Å². The first-order valence-corrected chi connectivity index (χ1v) is 8.82. The van der Waals surface area contributed by atoms with Gasteiger partial charge in [-0.3, -0.25) is 14.2 Å². The number of benzene rings is 1. The van der Waals surface area contributed by atoms with E-state index in [0.29, 0.717) is 12.2 Å². The van der Waals surface area contributed by atoms with Gasteiger partial charge in [0.05, 0.1) is 25.7 Å². The molecule has 1 amide bonds. The standard InChI is InChI=1S/C18H18N4O3S/c1-12-7-17(24)22(11-20-12)9-16(23)19-8-14-10-26-18(21-14)13-3-5-15(25-2)6-4-13/h3-7,10-11H,8-9H2,1-2H3,(H,19,23). The van der Waals surface area contributed by atoms with Crippen LogP contribution in [0, 0.1) is 6.92 Å². The van der Waals surface area contributed by atoms with Crippen molar-refractivity contribution in [2.75, 3.05) is 7.11 Å². The number of hydrogen-bond donors (Lipinski definition) is 1. The Balaban J connectivity index is 1.58. The predicted molar refractivity (Wildman–Crippen MR) is 99.2 cm³/mol. The summed E-state index contributed by atoms with van der Waals surface area (Å²) < 4.78 is 6.42. The fourth-order valence-corrected chi connectivity index (χ4v) is 3.12. The Kier molecular flexibility index (Phi) is 5.43. The van der Waals surface area contributed by atoms with Gasteiger partial charge < -0.3 is 10.1 Å². The highest BCUT2D eigenvalue weighted by molar-refractivity contribution is 7.13. The molecule has 3 rings (SSSR count). The van der Waals surface area contributed by atoms with Gasteiger partial charge in [-0.2, -0.15) is 0 Å². The monoisotopic (exact) mass is 370 g/mol. The Morgan fingerprint density at radius 3 is 2.77 bits per heavy atom. The van der Waals surface area contributed by atoms with Gasteiger partial charge in [0.2, 0.25) is 5.91 Å². The first-order valence-electron chi connectivity index (χ1n) is 7.94. The zero-order valence-electron chi connectivity index (χ0n) is 14.4. The minimum absolute atomic E-state index is 0.0679. The highest BCUT2D eigenvalue weighted by Gasteiger charge is 2.08. The van der Waals surface area contributed by atoms with E-state index >= 15 is 0 Å². The number of aryl methyl sites for hydroxylation is 1. The maximum Gasteiger partial charge on any atom is 0.253 e. The summed E-state index contributed by atoms with van der Waals surface area (Å²) in [4.78, 5) is 32.4. The van der Waals surface area contributed by atoms with Gasteiger partial charge >= 0.3 is 0 Å². The average molecular weight is 370 g/mol. The van der Waals surface area contributed by atoms with Crippen LogP contribution in [0.2, 0.25) is 0 Å². The van der Waals surface area contributed by atoms with Gasteiger partial charge in [-0.15, -0.1) is 11.3 Å². The van der Waals surface area contributed by atoms with E-state index in [2.05, 4.69) is 15.3 Å². The smallest absolute Gasteiger partial charge is 0.253 e. The fourth-order valence-electron chi connectivity index (χ4n) is 2.29. The van der Waals surface area contributed by atoms with Crippen molar-refractivity contribution >= 4 is 17.2 Å². The van der Waals surface area contributed by atoms with Gasteiger partial charge in [0.25, 0.3) is 5.56 Å². The highest BCUT2D eigenvalue weighted by Crippen LogP contribution is 2.25. The molecule has 1 N–H and O–H groups in total. The molecule has 0 fully saturated rings.